The van der Waals surface area contributed by atoms with Crippen molar-refractivity contribution >= 4 is 34.8 Å². The van der Waals surface area contributed by atoms with Gasteiger partial charge in [0.15, 0.2) is 5.65 Å². The number of urea groups is 1. The number of phenols is 1. The number of piperidine rings is 1. The SMILES string of the molecule is CC1c2c([nH]c3nnc(-c4ccccc4O)cc23)CCN1c1ncc(C2CCN(C3CC4(C3)CN(C(=O)NC(C(=O)N3CCC(O)C3)C(C)(C)CC(N)=O)C4)CC2)cn1. The molecule has 16 nitrogen and oxygen atoms in total. The normalized spacial score (nSPS) is 22.9. The average Bonchev–Trinajstić information content (AvgIpc) is 3.79. The molecule has 4 fully saturated rings. The standard InChI is InChI=1S/C43H55N11O5/c1-25-36-31-16-33(30-6-4-5-7-34(30)56)49-50-38(31)47-32(36)11-15-54(25)40-45-20-27(21-46-40)26-8-12-51(13-9-26)28-17-43(18-28)23-53(24-43)41(59)48-37(42(2,3)19-35(44)57)39(58)52-14-10-29(55)22-52/h4-7,16,20-21,25-26,28-29,37,55-56H,8-15,17-19,22-24H2,1-3H3,(H2,44,57)(H,47,50)(H,48,59). The van der Waals surface area contributed by atoms with Crippen LogP contribution in [0.3, 0.4) is 0 Å². The molecule has 0 bridgehead atoms. The fourth-order valence-corrected chi connectivity index (χ4v) is 10.5. The van der Waals surface area contributed by atoms with Crippen molar-refractivity contribution in [1.82, 2.24) is 45.2 Å². The minimum atomic E-state index is -0.925. The number of carbonyl (C=O) groups is 3. The first-order chi connectivity index (χ1) is 28.3. The summed E-state index contributed by atoms with van der Waals surface area (Å²) in [6, 6.07) is 8.48. The van der Waals surface area contributed by atoms with E-state index in [1.54, 1.807) is 35.8 Å². The largest absolute Gasteiger partial charge is 0.507 e. The minimum Gasteiger partial charge on any atom is -0.507 e. The van der Waals surface area contributed by atoms with Crippen molar-refractivity contribution in [1.29, 1.82) is 0 Å². The van der Waals surface area contributed by atoms with Gasteiger partial charge in [0.25, 0.3) is 0 Å². The van der Waals surface area contributed by atoms with Gasteiger partial charge in [-0.3, -0.25) is 9.59 Å². The van der Waals surface area contributed by atoms with Gasteiger partial charge < -0.3 is 45.8 Å². The summed E-state index contributed by atoms with van der Waals surface area (Å²) in [5, 5.41) is 33.3. The maximum absolute atomic E-state index is 13.5. The molecule has 7 heterocycles. The van der Waals surface area contributed by atoms with Crippen molar-refractivity contribution in [2.75, 3.05) is 50.7 Å². The molecule has 5 aliphatic rings. The van der Waals surface area contributed by atoms with Gasteiger partial charge >= 0.3 is 6.03 Å². The van der Waals surface area contributed by atoms with E-state index in [1.165, 1.54) is 5.56 Å². The fraction of sp³-hybridized carbons (Fsp3) is 0.558. The Labute approximate surface area is 343 Å². The fourth-order valence-electron chi connectivity index (χ4n) is 10.5. The van der Waals surface area contributed by atoms with Crippen molar-refractivity contribution in [3.05, 3.63) is 59.5 Å². The third-order valence-electron chi connectivity index (χ3n) is 13.9. The van der Waals surface area contributed by atoms with Crippen LogP contribution in [0.2, 0.25) is 0 Å². The number of aliphatic hydroxyl groups excluding tert-OH is 1. The lowest BCUT2D eigenvalue weighted by atomic mass is 9.60. The first kappa shape index (κ1) is 39.1. The maximum atomic E-state index is 13.5. The molecule has 1 aromatic carbocycles. The van der Waals surface area contributed by atoms with Gasteiger partial charge in [-0.05, 0) is 81.8 Å². The Bertz CT molecular complexity index is 2240. The van der Waals surface area contributed by atoms with E-state index in [2.05, 4.69) is 37.2 Å². The minimum absolute atomic E-state index is 0.0167. The summed E-state index contributed by atoms with van der Waals surface area (Å²) < 4.78 is 0. The molecule has 0 radical (unpaired) electrons. The number of amides is 4. The number of β-amino-alcohol motifs (C(OH)–C–C–N with tert-alkyl or cyclic N) is 1. The number of H-pyrrole nitrogens is 1. The molecule has 4 aliphatic heterocycles. The summed E-state index contributed by atoms with van der Waals surface area (Å²) in [5.41, 5.74) is 10.3. The Morgan fingerprint density at radius 3 is 2.42 bits per heavy atom. The van der Waals surface area contributed by atoms with E-state index in [0.717, 1.165) is 74.0 Å². The first-order valence-electron chi connectivity index (χ1n) is 21.1. The van der Waals surface area contributed by atoms with Gasteiger partial charge in [0.05, 0.1) is 17.8 Å². The van der Waals surface area contributed by atoms with Crippen LogP contribution in [0, 0.1) is 10.8 Å². The van der Waals surface area contributed by atoms with Gasteiger partial charge in [0.1, 0.15) is 11.8 Å². The number of aromatic nitrogens is 5. The number of likely N-dealkylation sites (tertiary alicyclic amines) is 3. The number of benzene rings is 1. The molecule has 6 N–H and O–H groups in total. The smallest absolute Gasteiger partial charge is 0.318 e. The van der Waals surface area contributed by atoms with Crippen molar-refractivity contribution in [2.24, 2.45) is 16.6 Å². The number of fused-ring (bicyclic) bond motifs is 3. The van der Waals surface area contributed by atoms with Crippen molar-refractivity contribution < 1.29 is 24.6 Å². The van der Waals surface area contributed by atoms with Gasteiger partial charge in [0, 0.05) is 97.0 Å². The quantitative estimate of drug-likeness (QED) is 0.165. The lowest BCUT2D eigenvalue weighted by molar-refractivity contribution is -0.136. The number of primary amides is 1. The van der Waals surface area contributed by atoms with Gasteiger partial charge in [0.2, 0.25) is 17.8 Å². The molecule has 9 rings (SSSR count). The number of nitrogens with two attached hydrogens (primary N) is 1. The Balaban J connectivity index is 0.767. The number of aromatic amines is 1. The number of rotatable bonds is 9. The van der Waals surface area contributed by atoms with Crippen LogP contribution in [0.4, 0.5) is 10.7 Å². The maximum Gasteiger partial charge on any atom is 0.318 e. The van der Waals surface area contributed by atoms with Crippen molar-refractivity contribution in [3.8, 4) is 17.0 Å². The Hall–Kier alpha value is -5.35. The topological polar surface area (TPSA) is 210 Å². The molecular weight excluding hydrogens is 751 g/mol. The van der Waals surface area contributed by atoms with Crippen LogP contribution in [0.25, 0.3) is 22.3 Å². The zero-order valence-corrected chi connectivity index (χ0v) is 34.1. The molecule has 4 aromatic rings. The zero-order chi connectivity index (χ0) is 41.2. The molecule has 16 heteroatoms. The molecule has 3 saturated heterocycles. The summed E-state index contributed by atoms with van der Waals surface area (Å²) in [7, 11) is 0. The number of hydrogen-bond acceptors (Lipinski definition) is 11. The number of hydrogen-bond donors (Lipinski definition) is 5. The van der Waals surface area contributed by atoms with Gasteiger partial charge in [-0.1, -0.05) is 26.0 Å². The van der Waals surface area contributed by atoms with E-state index in [4.69, 9.17) is 15.7 Å². The highest BCUT2D eigenvalue weighted by Crippen LogP contribution is 2.51. The first-order valence-corrected chi connectivity index (χ1v) is 21.1. The van der Waals surface area contributed by atoms with E-state index in [1.807, 2.05) is 30.6 Å². The van der Waals surface area contributed by atoms with E-state index >= 15 is 0 Å². The van der Waals surface area contributed by atoms with Crippen LogP contribution in [-0.4, -0.2) is 132 Å². The third-order valence-corrected chi connectivity index (χ3v) is 13.9. The molecule has 59 heavy (non-hydrogen) atoms. The number of aromatic hydroxyl groups is 1. The lowest BCUT2D eigenvalue weighted by Crippen LogP contribution is -2.70. The van der Waals surface area contributed by atoms with Crippen LogP contribution in [0.15, 0.2) is 42.7 Å². The number of para-hydroxylation sites is 1. The summed E-state index contributed by atoms with van der Waals surface area (Å²) >= 11 is 0. The molecule has 4 amide bonds. The monoisotopic (exact) mass is 805 g/mol. The number of nitrogens with one attached hydrogen (secondary N) is 2. The highest BCUT2D eigenvalue weighted by atomic mass is 16.3. The van der Waals surface area contributed by atoms with E-state index in [-0.39, 0.29) is 42.1 Å². The Morgan fingerprint density at radius 2 is 1.75 bits per heavy atom. The van der Waals surface area contributed by atoms with Crippen molar-refractivity contribution in [2.45, 2.75) is 95.9 Å². The van der Waals surface area contributed by atoms with Crippen LogP contribution in [0.1, 0.15) is 88.1 Å². The molecule has 1 aliphatic carbocycles. The van der Waals surface area contributed by atoms with Crippen LogP contribution in [0.5, 0.6) is 5.75 Å². The van der Waals surface area contributed by atoms with E-state index < -0.39 is 23.5 Å². The van der Waals surface area contributed by atoms with Crippen LogP contribution in [-0.2, 0) is 16.0 Å². The number of nitrogens with zero attached hydrogens (tertiary/aromatic N) is 8. The summed E-state index contributed by atoms with van der Waals surface area (Å²) in [4.78, 5) is 60.3. The molecule has 3 unspecified atom stereocenters. The summed E-state index contributed by atoms with van der Waals surface area (Å²) in [5.74, 6) is 0.472. The van der Waals surface area contributed by atoms with Gasteiger partial charge in [-0.2, -0.15) is 0 Å². The molecule has 312 valence electrons. The van der Waals surface area contributed by atoms with Crippen LogP contribution >= 0.6 is 0 Å². The Morgan fingerprint density at radius 1 is 1.02 bits per heavy atom. The van der Waals surface area contributed by atoms with Crippen molar-refractivity contribution in [3.63, 3.8) is 0 Å². The molecule has 1 saturated carbocycles. The number of aliphatic hydroxyl groups is 1. The molecule has 3 aromatic heterocycles. The second kappa shape index (κ2) is 15.0. The number of phenolic OH excluding ortho intramolecular Hbond substituents is 1. The van der Waals surface area contributed by atoms with Crippen LogP contribution < -0.4 is 16.0 Å². The number of anilines is 1. The Kier molecular flexibility index (Phi) is 9.97. The summed E-state index contributed by atoms with van der Waals surface area (Å²) in [6.45, 7) is 10.5. The highest BCUT2D eigenvalue weighted by Gasteiger charge is 2.56. The molecule has 3 atom stereocenters. The molecule has 1 spiro atoms. The van der Waals surface area contributed by atoms with Gasteiger partial charge in [-0.25, -0.2) is 14.8 Å². The average molecular weight is 806 g/mol. The predicted molar refractivity (Wildman–Crippen MR) is 220 cm³/mol. The van der Waals surface area contributed by atoms with Gasteiger partial charge in [-0.15, -0.1) is 10.2 Å². The lowest BCUT2D eigenvalue weighted by Gasteiger charge is -2.61. The van der Waals surface area contributed by atoms with E-state index in [9.17, 15) is 24.6 Å². The zero-order valence-electron chi connectivity index (χ0n) is 34.1. The third kappa shape index (κ3) is 7.34. The number of carbonyl (C=O) groups excluding carboxylic acids is 3. The highest BCUT2D eigenvalue weighted by molar-refractivity contribution is 5.89. The predicted octanol–water partition coefficient (Wildman–Crippen LogP) is 3.46. The second-order valence-corrected chi connectivity index (χ2v) is 18.4. The summed E-state index contributed by atoms with van der Waals surface area (Å²) in [6.07, 6.45) is 8.88. The second-order valence-electron chi connectivity index (χ2n) is 18.4. The van der Waals surface area contributed by atoms with E-state index in [0.29, 0.717) is 55.2 Å². The molecular formula is C43H55N11O5.